The molecule has 0 radical (unpaired) electrons. The fourth-order valence-corrected chi connectivity index (χ4v) is 2.20. The molecule has 1 aliphatic heterocycles. The molecule has 0 saturated heterocycles. The van der Waals surface area contributed by atoms with Crippen LogP contribution in [0, 0.1) is 5.92 Å². The largest absolute Gasteiger partial charge is 0.497 e. The normalized spacial score (nSPS) is 26.9. The van der Waals surface area contributed by atoms with Gasteiger partial charge in [0.25, 0.3) is 0 Å². The summed E-state index contributed by atoms with van der Waals surface area (Å²) in [7, 11) is 1.69. The number of ether oxygens (including phenoxy) is 1. The molecule has 2 aliphatic rings. The number of oxime groups is 1. The number of benzene rings is 1. The molecule has 0 bridgehead atoms. The Balaban J connectivity index is 2.03. The third-order valence-electron chi connectivity index (χ3n) is 2.93. The van der Waals surface area contributed by atoms with Gasteiger partial charge in [0.2, 0.25) is 0 Å². The number of rotatable bonds is 1. The summed E-state index contributed by atoms with van der Waals surface area (Å²) in [6.45, 7) is 0. The summed E-state index contributed by atoms with van der Waals surface area (Å²) in [4.78, 5) is 5.31. The maximum atomic E-state index is 5.31. The van der Waals surface area contributed by atoms with Gasteiger partial charge < -0.3 is 9.57 Å². The van der Waals surface area contributed by atoms with Crippen LogP contribution in [0.5, 0.6) is 5.75 Å². The van der Waals surface area contributed by atoms with Gasteiger partial charge in [-0.25, -0.2) is 0 Å². The molecular formula is C11H11NO2. The molecule has 1 heterocycles. The highest BCUT2D eigenvalue weighted by Crippen LogP contribution is 2.41. The second-order valence-corrected chi connectivity index (χ2v) is 3.71. The number of hydrogen-bond acceptors (Lipinski definition) is 3. The van der Waals surface area contributed by atoms with E-state index in [0.717, 1.165) is 12.2 Å². The van der Waals surface area contributed by atoms with Crippen molar-refractivity contribution in [3.63, 3.8) is 0 Å². The van der Waals surface area contributed by atoms with E-state index in [9.17, 15) is 0 Å². The van der Waals surface area contributed by atoms with Crippen molar-refractivity contribution in [1.29, 1.82) is 0 Å². The van der Waals surface area contributed by atoms with Gasteiger partial charge in [0.15, 0.2) is 6.10 Å². The lowest BCUT2D eigenvalue weighted by Gasteiger charge is -2.08. The Morgan fingerprint density at radius 3 is 3.29 bits per heavy atom. The Labute approximate surface area is 82.3 Å². The SMILES string of the molecule is COc1ccc2c(c1)C[C@H]1C=NO[C@@H]21. The Morgan fingerprint density at radius 1 is 1.50 bits per heavy atom. The number of methoxy groups -OCH3 is 1. The van der Waals surface area contributed by atoms with Gasteiger partial charge in [-0.2, -0.15) is 0 Å². The number of fused-ring (bicyclic) bond motifs is 3. The van der Waals surface area contributed by atoms with E-state index in [1.54, 1.807) is 7.11 Å². The van der Waals surface area contributed by atoms with E-state index in [0.29, 0.717) is 5.92 Å². The van der Waals surface area contributed by atoms with Crippen LogP contribution in [0.15, 0.2) is 23.4 Å². The molecule has 0 N–H and O–H groups in total. The standard InChI is InChI=1S/C11H11NO2/c1-13-9-2-3-10-7(5-9)4-8-6-12-14-11(8)10/h2-3,5-6,8,11H,4H2,1H3/t8-,11+/m0/s1. The Bertz CT molecular complexity index is 400. The van der Waals surface area contributed by atoms with Crippen LogP contribution in [0.1, 0.15) is 17.2 Å². The van der Waals surface area contributed by atoms with Gasteiger partial charge in [0.1, 0.15) is 5.75 Å². The molecule has 1 aromatic carbocycles. The highest BCUT2D eigenvalue weighted by atomic mass is 16.6. The zero-order valence-electron chi connectivity index (χ0n) is 7.93. The van der Waals surface area contributed by atoms with Crippen molar-refractivity contribution in [3.8, 4) is 5.75 Å². The average molecular weight is 189 g/mol. The molecule has 1 aromatic rings. The summed E-state index contributed by atoms with van der Waals surface area (Å²) in [5, 5.41) is 3.85. The van der Waals surface area contributed by atoms with Crippen molar-refractivity contribution in [2.45, 2.75) is 12.5 Å². The van der Waals surface area contributed by atoms with Crippen LogP contribution in [0.4, 0.5) is 0 Å². The zero-order chi connectivity index (χ0) is 9.54. The summed E-state index contributed by atoms with van der Waals surface area (Å²) in [6, 6.07) is 6.14. The summed E-state index contributed by atoms with van der Waals surface area (Å²) < 4.78 is 5.19. The molecule has 3 rings (SSSR count). The first-order valence-electron chi connectivity index (χ1n) is 4.74. The number of hydrogen-bond donors (Lipinski definition) is 0. The second-order valence-electron chi connectivity index (χ2n) is 3.71. The molecule has 0 amide bonds. The fourth-order valence-electron chi connectivity index (χ4n) is 2.20. The second kappa shape index (κ2) is 2.74. The third-order valence-corrected chi connectivity index (χ3v) is 2.93. The molecule has 1 aliphatic carbocycles. The minimum Gasteiger partial charge on any atom is -0.497 e. The van der Waals surface area contributed by atoms with E-state index in [4.69, 9.17) is 9.57 Å². The monoisotopic (exact) mass is 189 g/mol. The first kappa shape index (κ1) is 7.85. The average Bonchev–Trinajstić information content (AvgIpc) is 2.75. The van der Waals surface area contributed by atoms with Gasteiger partial charge in [-0.15, -0.1) is 0 Å². The van der Waals surface area contributed by atoms with Crippen LogP contribution >= 0.6 is 0 Å². The molecule has 3 heteroatoms. The topological polar surface area (TPSA) is 30.8 Å². The van der Waals surface area contributed by atoms with E-state index in [1.807, 2.05) is 12.3 Å². The molecule has 0 unspecified atom stereocenters. The van der Waals surface area contributed by atoms with E-state index in [1.165, 1.54) is 11.1 Å². The van der Waals surface area contributed by atoms with Crippen LogP contribution in [0.3, 0.4) is 0 Å². The summed E-state index contributed by atoms with van der Waals surface area (Å²) in [5.41, 5.74) is 2.58. The van der Waals surface area contributed by atoms with E-state index >= 15 is 0 Å². The van der Waals surface area contributed by atoms with Crippen molar-refractivity contribution in [3.05, 3.63) is 29.3 Å². The highest BCUT2D eigenvalue weighted by molar-refractivity contribution is 5.66. The maximum absolute atomic E-state index is 5.31. The van der Waals surface area contributed by atoms with Crippen LogP contribution in [-0.2, 0) is 11.3 Å². The Hall–Kier alpha value is -1.51. The Morgan fingerprint density at radius 2 is 2.43 bits per heavy atom. The molecule has 72 valence electrons. The van der Waals surface area contributed by atoms with Crippen molar-refractivity contribution >= 4 is 6.21 Å². The van der Waals surface area contributed by atoms with Crippen molar-refractivity contribution in [2.24, 2.45) is 11.1 Å². The first-order valence-corrected chi connectivity index (χ1v) is 4.74. The molecular weight excluding hydrogens is 178 g/mol. The summed E-state index contributed by atoms with van der Waals surface area (Å²) in [5.74, 6) is 1.35. The van der Waals surface area contributed by atoms with E-state index < -0.39 is 0 Å². The predicted molar refractivity (Wildman–Crippen MR) is 52.5 cm³/mol. The van der Waals surface area contributed by atoms with Gasteiger partial charge in [-0.1, -0.05) is 11.2 Å². The molecule has 0 aromatic heterocycles. The zero-order valence-corrected chi connectivity index (χ0v) is 7.93. The van der Waals surface area contributed by atoms with Gasteiger partial charge in [0, 0.05) is 5.92 Å². The summed E-state index contributed by atoms with van der Waals surface area (Å²) >= 11 is 0. The molecule has 2 atom stereocenters. The van der Waals surface area contributed by atoms with Crippen molar-refractivity contribution in [1.82, 2.24) is 0 Å². The van der Waals surface area contributed by atoms with Gasteiger partial charge in [-0.3, -0.25) is 0 Å². The summed E-state index contributed by atoms with van der Waals surface area (Å²) in [6.07, 6.45) is 3.06. The smallest absolute Gasteiger partial charge is 0.161 e. The molecule has 3 nitrogen and oxygen atoms in total. The van der Waals surface area contributed by atoms with Crippen LogP contribution in [0.25, 0.3) is 0 Å². The van der Waals surface area contributed by atoms with Crippen molar-refractivity contribution < 1.29 is 9.57 Å². The fraction of sp³-hybridized carbons (Fsp3) is 0.364. The maximum Gasteiger partial charge on any atom is 0.161 e. The predicted octanol–water partition coefficient (Wildman–Crippen LogP) is 1.92. The third kappa shape index (κ3) is 0.953. The lowest BCUT2D eigenvalue weighted by atomic mass is 10.1. The highest BCUT2D eigenvalue weighted by Gasteiger charge is 2.36. The van der Waals surface area contributed by atoms with Gasteiger partial charge >= 0.3 is 0 Å². The van der Waals surface area contributed by atoms with E-state index in [-0.39, 0.29) is 6.10 Å². The first-order chi connectivity index (χ1) is 6.88. The molecule has 0 saturated carbocycles. The van der Waals surface area contributed by atoms with Gasteiger partial charge in [-0.05, 0) is 29.7 Å². The van der Waals surface area contributed by atoms with Crippen LogP contribution in [-0.4, -0.2) is 13.3 Å². The van der Waals surface area contributed by atoms with Crippen LogP contribution in [0.2, 0.25) is 0 Å². The lowest BCUT2D eigenvalue weighted by Crippen LogP contribution is -2.02. The Kier molecular flexibility index (Phi) is 1.54. The van der Waals surface area contributed by atoms with Gasteiger partial charge in [0.05, 0.1) is 13.3 Å². The minimum absolute atomic E-state index is 0.149. The lowest BCUT2D eigenvalue weighted by molar-refractivity contribution is 0.0697. The molecule has 0 spiro atoms. The molecule has 0 fully saturated rings. The number of nitrogens with zero attached hydrogens (tertiary/aromatic N) is 1. The van der Waals surface area contributed by atoms with E-state index in [2.05, 4.69) is 17.3 Å². The minimum atomic E-state index is 0.149. The molecule has 14 heavy (non-hydrogen) atoms. The quantitative estimate of drug-likeness (QED) is 0.675. The van der Waals surface area contributed by atoms with Crippen LogP contribution < -0.4 is 4.74 Å². The van der Waals surface area contributed by atoms with Crippen molar-refractivity contribution in [2.75, 3.05) is 7.11 Å².